The first kappa shape index (κ1) is 20.2. The van der Waals surface area contributed by atoms with Gasteiger partial charge in [0, 0.05) is 19.2 Å². The van der Waals surface area contributed by atoms with Gasteiger partial charge in [-0.25, -0.2) is 4.39 Å². The highest BCUT2D eigenvalue weighted by Crippen LogP contribution is 2.25. The predicted octanol–water partition coefficient (Wildman–Crippen LogP) is 3.17. The van der Waals surface area contributed by atoms with Crippen LogP contribution < -0.4 is 15.4 Å². The Bertz CT molecular complexity index is 753. The number of anilines is 1. The Balaban J connectivity index is 0.00000243. The number of halogens is 2. The van der Waals surface area contributed by atoms with Crippen LogP contribution >= 0.6 is 12.4 Å². The lowest BCUT2D eigenvalue weighted by Gasteiger charge is -2.19. The van der Waals surface area contributed by atoms with Crippen LogP contribution in [0.25, 0.3) is 0 Å². The third-order valence-electron chi connectivity index (χ3n) is 4.13. The van der Waals surface area contributed by atoms with Gasteiger partial charge < -0.3 is 20.1 Å². The van der Waals surface area contributed by atoms with E-state index in [0.717, 1.165) is 12.1 Å². The van der Waals surface area contributed by atoms with Crippen LogP contribution in [0.4, 0.5) is 10.1 Å². The van der Waals surface area contributed by atoms with Crippen molar-refractivity contribution in [1.29, 1.82) is 0 Å². The molecule has 0 saturated heterocycles. The number of fused-ring (bicyclic) bond motifs is 1. The maximum Gasteiger partial charge on any atom is 0.255 e. The minimum Gasteiger partial charge on any atom is -0.491 e. The molecule has 0 bridgehead atoms. The van der Waals surface area contributed by atoms with Gasteiger partial charge in [-0.3, -0.25) is 4.79 Å². The summed E-state index contributed by atoms with van der Waals surface area (Å²) in [7, 11) is 1.60. The number of benzene rings is 2. The van der Waals surface area contributed by atoms with Crippen LogP contribution in [0.15, 0.2) is 36.4 Å². The summed E-state index contributed by atoms with van der Waals surface area (Å²) in [6.45, 7) is 2.34. The Kier molecular flexibility index (Phi) is 7.38. The Morgan fingerprint density at radius 2 is 1.96 bits per heavy atom. The summed E-state index contributed by atoms with van der Waals surface area (Å²) in [6.07, 6.45) is 0.623. The molecule has 0 atom stereocenters. The van der Waals surface area contributed by atoms with E-state index >= 15 is 0 Å². The van der Waals surface area contributed by atoms with Gasteiger partial charge >= 0.3 is 0 Å². The minimum atomic E-state index is -0.351. The zero-order chi connectivity index (χ0) is 17.6. The lowest BCUT2D eigenvalue weighted by Crippen LogP contribution is -2.25. The second-order valence-electron chi connectivity index (χ2n) is 5.81. The largest absolute Gasteiger partial charge is 0.491 e. The van der Waals surface area contributed by atoms with Gasteiger partial charge in [0.25, 0.3) is 5.91 Å². The van der Waals surface area contributed by atoms with E-state index in [4.69, 9.17) is 9.47 Å². The summed E-state index contributed by atoms with van der Waals surface area (Å²) >= 11 is 0. The molecule has 26 heavy (non-hydrogen) atoms. The molecule has 1 amide bonds. The summed E-state index contributed by atoms with van der Waals surface area (Å²) < 4.78 is 25.0. The molecule has 0 radical (unpaired) electrons. The average Bonchev–Trinajstić information content (AvgIpc) is 2.65. The smallest absolute Gasteiger partial charge is 0.255 e. The molecule has 0 unspecified atom stereocenters. The van der Waals surface area contributed by atoms with E-state index in [-0.39, 0.29) is 29.8 Å². The Morgan fingerprint density at radius 1 is 1.19 bits per heavy atom. The summed E-state index contributed by atoms with van der Waals surface area (Å²) in [5.74, 6) is -0.0378. The molecule has 0 aliphatic carbocycles. The highest BCUT2D eigenvalue weighted by Gasteiger charge is 2.18. The zero-order valence-corrected chi connectivity index (χ0v) is 15.3. The number of rotatable bonds is 6. The van der Waals surface area contributed by atoms with Crippen molar-refractivity contribution in [2.45, 2.75) is 13.0 Å². The first-order valence-electron chi connectivity index (χ1n) is 8.23. The number of methoxy groups -OCH3 is 1. The van der Waals surface area contributed by atoms with Crippen molar-refractivity contribution < 1.29 is 18.7 Å². The van der Waals surface area contributed by atoms with Crippen LogP contribution in [0.3, 0.4) is 0 Å². The van der Waals surface area contributed by atoms with E-state index in [1.807, 2.05) is 6.07 Å². The van der Waals surface area contributed by atoms with Gasteiger partial charge in [-0.1, -0.05) is 6.07 Å². The normalized spacial score (nSPS) is 12.7. The van der Waals surface area contributed by atoms with Gasteiger partial charge in [0.2, 0.25) is 0 Å². The molecule has 1 heterocycles. The second kappa shape index (κ2) is 9.52. The average molecular weight is 381 g/mol. The molecule has 3 rings (SSSR count). The number of hydrogen-bond acceptors (Lipinski definition) is 4. The Hall–Kier alpha value is -2.15. The predicted molar refractivity (Wildman–Crippen MR) is 101 cm³/mol. The molecule has 0 aromatic heterocycles. The molecule has 140 valence electrons. The molecule has 1 aliphatic heterocycles. The maximum atomic E-state index is 14.6. The first-order chi connectivity index (χ1) is 12.2. The summed E-state index contributed by atoms with van der Waals surface area (Å²) in [5, 5.41) is 5.86. The van der Waals surface area contributed by atoms with Crippen LogP contribution in [0, 0.1) is 5.82 Å². The lowest BCUT2D eigenvalue weighted by atomic mass is 9.99. The topological polar surface area (TPSA) is 59.6 Å². The molecule has 0 spiro atoms. The van der Waals surface area contributed by atoms with Crippen molar-refractivity contribution in [3.05, 3.63) is 58.9 Å². The van der Waals surface area contributed by atoms with Crippen molar-refractivity contribution in [2.24, 2.45) is 0 Å². The van der Waals surface area contributed by atoms with Gasteiger partial charge in [-0.2, -0.15) is 0 Å². The lowest BCUT2D eigenvalue weighted by molar-refractivity contribution is 0.102. The number of carbonyl (C=O) groups excluding carboxylic acids is 1. The van der Waals surface area contributed by atoms with Crippen LogP contribution in [-0.2, 0) is 17.7 Å². The highest BCUT2D eigenvalue weighted by molar-refractivity contribution is 6.04. The number of carbonyl (C=O) groups is 1. The summed E-state index contributed by atoms with van der Waals surface area (Å²) in [6, 6.07) is 10.2. The van der Waals surface area contributed by atoms with Crippen molar-refractivity contribution in [3.63, 3.8) is 0 Å². The zero-order valence-electron chi connectivity index (χ0n) is 14.5. The van der Waals surface area contributed by atoms with Crippen LogP contribution in [0.2, 0.25) is 0 Å². The summed E-state index contributed by atoms with van der Waals surface area (Å²) in [5.41, 5.74) is 2.28. The third kappa shape index (κ3) is 4.72. The molecular weight excluding hydrogens is 359 g/mol. The van der Waals surface area contributed by atoms with E-state index in [2.05, 4.69) is 10.6 Å². The van der Waals surface area contributed by atoms with Crippen LogP contribution in [0.5, 0.6) is 5.75 Å². The SMILES string of the molecule is COCCOc1ccc(C(=O)Nc2ccc3c(c2F)CCNC3)cc1.Cl. The standard InChI is InChI=1S/C19H21FN2O3.ClH/c1-24-10-11-25-15-5-2-13(3-6-15)19(23)22-17-7-4-14-12-21-9-8-16(14)18(17)20;/h2-7,21H,8-12H2,1H3,(H,22,23);1H. The van der Waals surface area contributed by atoms with Crippen LogP contribution in [-0.4, -0.2) is 32.8 Å². The maximum absolute atomic E-state index is 14.6. The Morgan fingerprint density at radius 3 is 2.69 bits per heavy atom. The third-order valence-corrected chi connectivity index (χ3v) is 4.13. The van der Waals surface area contributed by atoms with Gasteiger partial charge in [0.1, 0.15) is 18.2 Å². The highest BCUT2D eigenvalue weighted by atomic mass is 35.5. The van der Waals surface area contributed by atoms with E-state index in [1.165, 1.54) is 0 Å². The molecule has 7 heteroatoms. The van der Waals surface area contributed by atoms with E-state index in [9.17, 15) is 9.18 Å². The molecule has 2 aromatic carbocycles. The number of ether oxygens (including phenoxy) is 2. The van der Waals surface area contributed by atoms with Crippen molar-refractivity contribution in [2.75, 3.05) is 32.2 Å². The fraction of sp³-hybridized carbons (Fsp3) is 0.316. The fourth-order valence-corrected chi connectivity index (χ4v) is 2.77. The van der Waals surface area contributed by atoms with Gasteiger partial charge in [-0.15, -0.1) is 12.4 Å². The molecule has 0 fully saturated rings. The number of hydrogen-bond donors (Lipinski definition) is 2. The van der Waals surface area contributed by atoms with Gasteiger partial charge in [0.05, 0.1) is 12.3 Å². The van der Waals surface area contributed by atoms with Crippen molar-refractivity contribution >= 4 is 24.0 Å². The van der Waals surface area contributed by atoms with E-state index in [1.54, 1.807) is 37.4 Å². The fourth-order valence-electron chi connectivity index (χ4n) is 2.77. The van der Waals surface area contributed by atoms with Gasteiger partial charge in [0.15, 0.2) is 0 Å². The Labute approximate surface area is 158 Å². The van der Waals surface area contributed by atoms with E-state index < -0.39 is 0 Å². The minimum absolute atomic E-state index is 0. The first-order valence-corrected chi connectivity index (χ1v) is 8.23. The molecule has 2 aromatic rings. The van der Waals surface area contributed by atoms with Crippen LogP contribution in [0.1, 0.15) is 21.5 Å². The van der Waals surface area contributed by atoms with Crippen molar-refractivity contribution in [3.8, 4) is 5.75 Å². The molecule has 2 N–H and O–H groups in total. The number of nitrogens with one attached hydrogen (secondary N) is 2. The summed E-state index contributed by atoms with van der Waals surface area (Å²) in [4.78, 5) is 12.4. The van der Waals surface area contributed by atoms with Crippen molar-refractivity contribution in [1.82, 2.24) is 5.32 Å². The van der Waals surface area contributed by atoms with E-state index in [0.29, 0.717) is 43.1 Å². The number of amides is 1. The molecule has 1 aliphatic rings. The molecule has 5 nitrogen and oxygen atoms in total. The van der Waals surface area contributed by atoms with Gasteiger partial charge in [-0.05, 0) is 54.4 Å². The molecule has 0 saturated carbocycles. The second-order valence-corrected chi connectivity index (χ2v) is 5.81. The molecular formula is C19H22ClFN2O3. The quantitative estimate of drug-likeness (QED) is 0.756. The monoisotopic (exact) mass is 380 g/mol.